The number of aromatic nitrogens is 2. The SMILES string of the molecule is COC(=O)CCCS(=O)(=O)Nc1ccn[nH]1. The van der Waals surface area contributed by atoms with Gasteiger partial charge in [-0.1, -0.05) is 0 Å². The fourth-order valence-electron chi connectivity index (χ4n) is 1.04. The molecule has 90 valence electrons. The van der Waals surface area contributed by atoms with Crippen LogP contribution in [0.4, 0.5) is 5.82 Å². The van der Waals surface area contributed by atoms with E-state index in [1.54, 1.807) is 0 Å². The molecule has 1 rings (SSSR count). The molecule has 0 radical (unpaired) electrons. The Morgan fingerprint density at radius 3 is 2.94 bits per heavy atom. The lowest BCUT2D eigenvalue weighted by Crippen LogP contribution is -2.17. The van der Waals surface area contributed by atoms with E-state index in [0.717, 1.165) is 0 Å². The van der Waals surface area contributed by atoms with Crippen molar-refractivity contribution >= 4 is 21.8 Å². The van der Waals surface area contributed by atoms with Gasteiger partial charge in [0.25, 0.3) is 0 Å². The zero-order valence-electron chi connectivity index (χ0n) is 8.76. The van der Waals surface area contributed by atoms with Crippen molar-refractivity contribution in [3.8, 4) is 0 Å². The first-order valence-electron chi connectivity index (χ1n) is 4.60. The first-order valence-corrected chi connectivity index (χ1v) is 6.25. The summed E-state index contributed by atoms with van der Waals surface area (Å²) in [6.07, 6.45) is 1.74. The average Bonchev–Trinajstić information content (AvgIpc) is 2.69. The lowest BCUT2D eigenvalue weighted by molar-refractivity contribution is -0.140. The molecule has 0 amide bonds. The molecule has 0 saturated carbocycles. The molecular formula is C8H13N3O4S. The summed E-state index contributed by atoms with van der Waals surface area (Å²) in [5.41, 5.74) is 0. The van der Waals surface area contributed by atoms with Gasteiger partial charge in [-0.2, -0.15) is 5.10 Å². The van der Waals surface area contributed by atoms with Crippen LogP contribution in [0.15, 0.2) is 12.3 Å². The van der Waals surface area contributed by atoms with Gasteiger partial charge in [0.1, 0.15) is 5.82 Å². The predicted molar refractivity (Wildman–Crippen MR) is 57.2 cm³/mol. The van der Waals surface area contributed by atoms with Gasteiger partial charge >= 0.3 is 5.97 Å². The Hall–Kier alpha value is -1.57. The number of esters is 1. The van der Waals surface area contributed by atoms with E-state index in [2.05, 4.69) is 19.7 Å². The van der Waals surface area contributed by atoms with E-state index in [1.807, 2.05) is 0 Å². The maximum atomic E-state index is 11.5. The number of anilines is 1. The third-order valence-electron chi connectivity index (χ3n) is 1.79. The van der Waals surface area contributed by atoms with Crippen LogP contribution in [0.25, 0.3) is 0 Å². The zero-order valence-corrected chi connectivity index (χ0v) is 9.58. The van der Waals surface area contributed by atoms with Crippen LogP contribution in [0.5, 0.6) is 0 Å². The number of carbonyl (C=O) groups excluding carboxylic acids is 1. The number of hydrogen-bond donors (Lipinski definition) is 2. The van der Waals surface area contributed by atoms with E-state index in [1.165, 1.54) is 19.4 Å². The first-order chi connectivity index (χ1) is 7.53. The van der Waals surface area contributed by atoms with Crippen molar-refractivity contribution in [1.29, 1.82) is 0 Å². The summed E-state index contributed by atoms with van der Waals surface area (Å²) in [7, 11) is -2.17. The van der Waals surface area contributed by atoms with Gasteiger partial charge < -0.3 is 4.74 Å². The number of nitrogens with zero attached hydrogens (tertiary/aromatic N) is 1. The van der Waals surface area contributed by atoms with E-state index < -0.39 is 16.0 Å². The summed E-state index contributed by atoms with van der Waals surface area (Å²) in [4.78, 5) is 10.8. The maximum Gasteiger partial charge on any atom is 0.305 e. The first kappa shape index (κ1) is 12.5. The van der Waals surface area contributed by atoms with Crippen LogP contribution in [0, 0.1) is 0 Å². The van der Waals surface area contributed by atoms with Gasteiger partial charge in [0.15, 0.2) is 0 Å². The molecule has 0 aliphatic rings. The summed E-state index contributed by atoms with van der Waals surface area (Å²) in [6, 6.07) is 1.50. The molecule has 1 aromatic rings. The normalized spacial score (nSPS) is 11.1. The number of aromatic amines is 1. The van der Waals surface area contributed by atoms with Gasteiger partial charge in [-0.25, -0.2) is 8.42 Å². The fourth-order valence-corrected chi connectivity index (χ4v) is 2.12. The highest BCUT2D eigenvalue weighted by Crippen LogP contribution is 2.05. The predicted octanol–water partition coefficient (Wildman–Crippen LogP) is 0.105. The number of methoxy groups -OCH3 is 1. The van der Waals surface area contributed by atoms with E-state index in [4.69, 9.17) is 0 Å². The van der Waals surface area contributed by atoms with Crippen LogP contribution in [-0.4, -0.2) is 37.4 Å². The standard InChI is InChI=1S/C8H13N3O4S/c1-15-8(12)3-2-6-16(13,14)11-7-4-5-9-10-7/h4-5H,2-3,6H2,1H3,(H2,9,10,11). The van der Waals surface area contributed by atoms with Crippen LogP contribution in [0.2, 0.25) is 0 Å². The molecule has 8 heteroatoms. The van der Waals surface area contributed by atoms with Crippen LogP contribution in [-0.2, 0) is 19.6 Å². The largest absolute Gasteiger partial charge is 0.469 e. The van der Waals surface area contributed by atoms with Crippen LogP contribution in [0.3, 0.4) is 0 Å². The third-order valence-corrected chi connectivity index (χ3v) is 3.14. The summed E-state index contributed by atoms with van der Waals surface area (Å²) in [6.45, 7) is 0. The Balaban J connectivity index is 2.38. The highest BCUT2D eigenvalue weighted by molar-refractivity contribution is 7.92. The highest BCUT2D eigenvalue weighted by Gasteiger charge is 2.12. The Labute approximate surface area is 93.2 Å². The molecule has 1 heterocycles. The number of rotatable bonds is 6. The van der Waals surface area contributed by atoms with Gasteiger partial charge in [-0.15, -0.1) is 0 Å². The maximum absolute atomic E-state index is 11.5. The Morgan fingerprint density at radius 2 is 2.38 bits per heavy atom. The zero-order chi connectivity index (χ0) is 12.0. The summed E-state index contributed by atoms with van der Waals surface area (Å²) < 4.78 is 29.6. The van der Waals surface area contributed by atoms with Crippen molar-refractivity contribution in [1.82, 2.24) is 10.2 Å². The van der Waals surface area contributed by atoms with E-state index in [-0.39, 0.29) is 18.6 Å². The second-order valence-electron chi connectivity index (χ2n) is 3.07. The van der Waals surface area contributed by atoms with Crippen molar-refractivity contribution in [3.63, 3.8) is 0 Å². The highest BCUT2D eigenvalue weighted by atomic mass is 32.2. The quantitative estimate of drug-likeness (QED) is 0.694. The fraction of sp³-hybridized carbons (Fsp3) is 0.500. The molecule has 7 nitrogen and oxygen atoms in total. The third kappa shape index (κ3) is 4.30. The number of sulfonamides is 1. The second kappa shape index (κ2) is 5.50. The minimum atomic E-state index is -3.44. The van der Waals surface area contributed by atoms with Crippen molar-refractivity contribution < 1.29 is 17.9 Å². The molecule has 0 spiro atoms. The van der Waals surface area contributed by atoms with Crippen molar-refractivity contribution in [2.24, 2.45) is 0 Å². The molecule has 16 heavy (non-hydrogen) atoms. The molecule has 0 unspecified atom stereocenters. The van der Waals surface area contributed by atoms with Crippen LogP contribution < -0.4 is 4.72 Å². The molecular weight excluding hydrogens is 234 g/mol. The van der Waals surface area contributed by atoms with E-state index >= 15 is 0 Å². The minimum Gasteiger partial charge on any atom is -0.469 e. The monoisotopic (exact) mass is 247 g/mol. The van der Waals surface area contributed by atoms with Crippen LogP contribution >= 0.6 is 0 Å². The topological polar surface area (TPSA) is 101 Å². The second-order valence-corrected chi connectivity index (χ2v) is 4.91. The number of carbonyl (C=O) groups is 1. The molecule has 2 N–H and O–H groups in total. The Morgan fingerprint density at radius 1 is 1.62 bits per heavy atom. The molecule has 0 aliphatic heterocycles. The number of hydrogen-bond acceptors (Lipinski definition) is 5. The summed E-state index contributed by atoms with van der Waals surface area (Å²) in [5, 5.41) is 6.07. The number of H-pyrrole nitrogens is 1. The summed E-state index contributed by atoms with van der Waals surface area (Å²) in [5.74, 6) is -0.254. The molecule has 0 aliphatic carbocycles. The molecule has 0 saturated heterocycles. The van der Waals surface area contributed by atoms with Gasteiger partial charge in [-0.3, -0.25) is 14.6 Å². The number of nitrogens with one attached hydrogen (secondary N) is 2. The van der Waals surface area contributed by atoms with Gasteiger partial charge in [0.2, 0.25) is 10.0 Å². The number of ether oxygens (including phenoxy) is 1. The molecule has 0 atom stereocenters. The average molecular weight is 247 g/mol. The molecule has 0 aromatic carbocycles. The summed E-state index contributed by atoms with van der Waals surface area (Å²) >= 11 is 0. The molecule has 1 aromatic heterocycles. The molecule has 0 bridgehead atoms. The Kier molecular flexibility index (Phi) is 4.29. The Bertz CT molecular complexity index is 426. The smallest absolute Gasteiger partial charge is 0.305 e. The van der Waals surface area contributed by atoms with Crippen molar-refractivity contribution in [2.45, 2.75) is 12.8 Å². The minimum absolute atomic E-state index is 0.0837. The lowest BCUT2D eigenvalue weighted by Gasteiger charge is -2.04. The van der Waals surface area contributed by atoms with Gasteiger partial charge in [0.05, 0.1) is 19.1 Å². The lowest BCUT2D eigenvalue weighted by atomic mass is 10.3. The van der Waals surface area contributed by atoms with Gasteiger partial charge in [-0.05, 0) is 6.42 Å². The van der Waals surface area contributed by atoms with Crippen LogP contribution in [0.1, 0.15) is 12.8 Å². The van der Waals surface area contributed by atoms with Crippen molar-refractivity contribution in [2.75, 3.05) is 17.6 Å². The van der Waals surface area contributed by atoms with Gasteiger partial charge in [0, 0.05) is 12.5 Å². The van der Waals surface area contributed by atoms with E-state index in [9.17, 15) is 13.2 Å². The molecule has 0 fully saturated rings. The van der Waals surface area contributed by atoms with Crippen molar-refractivity contribution in [3.05, 3.63) is 12.3 Å². The van der Waals surface area contributed by atoms with E-state index in [0.29, 0.717) is 5.82 Å².